The van der Waals surface area contributed by atoms with Crippen LogP contribution in [0.15, 0.2) is 30.5 Å². The molecule has 1 heterocycles. The van der Waals surface area contributed by atoms with E-state index < -0.39 is 4.92 Å². The molecule has 0 radical (unpaired) electrons. The molecule has 0 aliphatic heterocycles. The Labute approximate surface area is 134 Å². The van der Waals surface area contributed by atoms with Crippen LogP contribution in [0, 0.1) is 24.0 Å². The van der Waals surface area contributed by atoms with E-state index in [0.29, 0.717) is 13.2 Å². The van der Waals surface area contributed by atoms with E-state index in [9.17, 15) is 14.9 Å². The molecule has 7 nitrogen and oxygen atoms in total. The van der Waals surface area contributed by atoms with E-state index >= 15 is 0 Å². The van der Waals surface area contributed by atoms with Crippen LogP contribution in [0.3, 0.4) is 0 Å². The second-order valence-corrected chi connectivity index (χ2v) is 5.43. The third kappa shape index (κ3) is 4.32. The van der Waals surface area contributed by atoms with Gasteiger partial charge in [-0.05, 0) is 37.1 Å². The van der Waals surface area contributed by atoms with Crippen LogP contribution in [0.5, 0.6) is 5.75 Å². The van der Waals surface area contributed by atoms with E-state index in [4.69, 9.17) is 4.74 Å². The number of nitrogens with one attached hydrogen (secondary N) is 1. The highest BCUT2D eigenvalue weighted by molar-refractivity contribution is 5.93. The number of aromatic amines is 1. The van der Waals surface area contributed by atoms with E-state index in [-0.39, 0.29) is 17.3 Å². The minimum Gasteiger partial charge on any atom is -0.492 e. The first-order chi connectivity index (χ1) is 10.9. The number of nitro groups is 1. The number of carbonyl (C=O) groups is 1. The summed E-state index contributed by atoms with van der Waals surface area (Å²) in [6.45, 7) is 4.70. The van der Waals surface area contributed by atoms with Gasteiger partial charge in [-0.25, -0.2) is 0 Å². The van der Waals surface area contributed by atoms with Gasteiger partial charge in [0.1, 0.15) is 18.1 Å². The van der Waals surface area contributed by atoms with Crippen LogP contribution in [0.2, 0.25) is 0 Å². The summed E-state index contributed by atoms with van der Waals surface area (Å²) < 4.78 is 5.66. The third-order valence-electron chi connectivity index (χ3n) is 3.35. The van der Waals surface area contributed by atoms with Crippen molar-refractivity contribution < 1.29 is 14.5 Å². The molecule has 2 aromatic rings. The van der Waals surface area contributed by atoms with Crippen LogP contribution in [0.25, 0.3) is 0 Å². The molecule has 0 saturated carbocycles. The highest BCUT2D eigenvalue weighted by atomic mass is 16.6. The molecule has 0 saturated heterocycles. The second-order valence-electron chi connectivity index (χ2n) is 5.43. The Hall–Kier alpha value is -2.83. The lowest BCUT2D eigenvalue weighted by molar-refractivity contribution is -0.384. The zero-order valence-corrected chi connectivity index (χ0v) is 13.3. The molecule has 0 bridgehead atoms. The van der Waals surface area contributed by atoms with Gasteiger partial charge < -0.3 is 14.6 Å². The lowest BCUT2D eigenvalue weighted by Crippen LogP contribution is -2.31. The summed E-state index contributed by atoms with van der Waals surface area (Å²) in [6.07, 6.45) is 1.20. The predicted molar refractivity (Wildman–Crippen MR) is 85.8 cm³/mol. The molecule has 1 aromatic heterocycles. The first-order valence-electron chi connectivity index (χ1n) is 7.16. The van der Waals surface area contributed by atoms with Crippen molar-refractivity contribution in [3.63, 3.8) is 0 Å². The van der Waals surface area contributed by atoms with Crippen LogP contribution < -0.4 is 4.74 Å². The van der Waals surface area contributed by atoms with Crippen LogP contribution >= 0.6 is 0 Å². The van der Waals surface area contributed by atoms with Crippen molar-refractivity contribution in [1.82, 2.24) is 9.88 Å². The van der Waals surface area contributed by atoms with Gasteiger partial charge in [0.2, 0.25) is 0 Å². The number of likely N-dealkylation sites (N-methyl/N-ethyl adjacent to an activating group) is 1. The quantitative estimate of drug-likeness (QED) is 0.655. The summed E-state index contributed by atoms with van der Waals surface area (Å²) in [5.41, 5.74) is 2.28. The van der Waals surface area contributed by atoms with Gasteiger partial charge in [-0.15, -0.1) is 0 Å². The summed E-state index contributed by atoms with van der Waals surface area (Å²) in [4.78, 5) is 26.3. The number of hydrogen-bond donors (Lipinski definition) is 1. The predicted octanol–water partition coefficient (Wildman–Crippen LogP) is 2.69. The molecule has 1 aromatic carbocycles. The Morgan fingerprint density at radius 1 is 1.26 bits per heavy atom. The van der Waals surface area contributed by atoms with Crippen LogP contribution in [-0.4, -0.2) is 40.9 Å². The van der Waals surface area contributed by atoms with Gasteiger partial charge in [0.15, 0.2) is 0 Å². The molecular formula is C16H19N3O4. The zero-order chi connectivity index (χ0) is 17.0. The van der Waals surface area contributed by atoms with Gasteiger partial charge in [-0.2, -0.15) is 0 Å². The molecule has 0 unspecified atom stereocenters. The van der Waals surface area contributed by atoms with Gasteiger partial charge in [-0.1, -0.05) is 6.07 Å². The van der Waals surface area contributed by atoms with E-state index in [0.717, 1.165) is 16.9 Å². The number of benzene rings is 1. The first-order valence-corrected chi connectivity index (χ1v) is 7.16. The number of aromatic nitrogens is 1. The number of H-pyrrole nitrogens is 1. The summed E-state index contributed by atoms with van der Waals surface area (Å²) in [5.74, 6) is 0.445. The molecule has 7 heteroatoms. The largest absolute Gasteiger partial charge is 0.492 e. The summed E-state index contributed by atoms with van der Waals surface area (Å²) in [6, 6.07) is 7.15. The van der Waals surface area contributed by atoms with Crippen molar-refractivity contribution in [2.45, 2.75) is 13.8 Å². The van der Waals surface area contributed by atoms with Crippen molar-refractivity contribution in [3.8, 4) is 5.75 Å². The Bertz CT molecular complexity index is 704. The molecule has 0 aliphatic rings. The second kappa shape index (κ2) is 6.95. The smallest absolute Gasteiger partial charge is 0.287 e. The van der Waals surface area contributed by atoms with Crippen molar-refractivity contribution in [2.75, 3.05) is 20.2 Å². The number of ether oxygens (including phenoxy) is 1. The lowest BCUT2D eigenvalue weighted by atomic mass is 10.1. The van der Waals surface area contributed by atoms with Crippen molar-refractivity contribution in [1.29, 1.82) is 0 Å². The van der Waals surface area contributed by atoms with Gasteiger partial charge in [0.05, 0.1) is 17.7 Å². The maximum absolute atomic E-state index is 12.1. The fraction of sp³-hybridized carbons (Fsp3) is 0.312. The summed E-state index contributed by atoms with van der Waals surface area (Å²) in [7, 11) is 1.62. The highest BCUT2D eigenvalue weighted by Gasteiger charge is 2.17. The maximum atomic E-state index is 12.1. The lowest BCUT2D eigenvalue weighted by Gasteiger charge is -2.17. The zero-order valence-electron chi connectivity index (χ0n) is 13.3. The minimum absolute atomic E-state index is 0.131. The molecule has 122 valence electrons. The summed E-state index contributed by atoms with van der Waals surface area (Å²) in [5, 5.41) is 10.6. The Morgan fingerprint density at radius 3 is 2.48 bits per heavy atom. The topological polar surface area (TPSA) is 88.5 Å². The van der Waals surface area contributed by atoms with E-state index in [1.165, 1.54) is 17.2 Å². The Balaban J connectivity index is 1.89. The third-order valence-corrected chi connectivity index (χ3v) is 3.35. The monoisotopic (exact) mass is 317 g/mol. The maximum Gasteiger partial charge on any atom is 0.287 e. The SMILES string of the molecule is Cc1cc(C)cc(OCCN(C)C(=O)c2cc([N+](=O)[O-])c[nH]2)c1. The average Bonchev–Trinajstić information content (AvgIpc) is 2.95. The van der Waals surface area contributed by atoms with E-state index in [1.807, 2.05) is 26.0 Å². The van der Waals surface area contributed by atoms with E-state index in [1.54, 1.807) is 7.05 Å². The van der Waals surface area contributed by atoms with Crippen LogP contribution in [-0.2, 0) is 0 Å². The number of hydrogen-bond acceptors (Lipinski definition) is 4. The number of rotatable bonds is 6. The van der Waals surface area contributed by atoms with Gasteiger partial charge in [0, 0.05) is 13.1 Å². The molecule has 1 N–H and O–H groups in total. The fourth-order valence-electron chi connectivity index (χ4n) is 2.24. The van der Waals surface area contributed by atoms with Crippen LogP contribution in [0.1, 0.15) is 21.6 Å². The molecule has 2 rings (SSSR count). The minimum atomic E-state index is -0.545. The Morgan fingerprint density at radius 2 is 1.91 bits per heavy atom. The standard InChI is InChI=1S/C16H19N3O4/c1-11-6-12(2)8-14(7-11)23-5-4-18(3)16(20)15-9-13(10-17-15)19(21)22/h6-10,17H,4-5H2,1-3H3. The van der Waals surface area contributed by atoms with Gasteiger partial charge in [0.25, 0.3) is 11.6 Å². The molecule has 0 fully saturated rings. The molecule has 23 heavy (non-hydrogen) atoms. The first kappa shape index (κ1) is 16.5. The highest BCUT2D eigenvalue weighted by Crippen LogP contribution is 2.16. The van der Waals surface area contributed by atoms with Gasteiger partial charge in [-0.3, -0.25) is 14.9 Å². The van der Waals surface area contributed by atoms with Crippen LogP contribution in [0.4, 0.5) is 5.69 Å². The number of amides is 1. The average molecular weight is 317 g/mol. The van der Waals surface area contributed by atoms with Crippen molar-refractivity contribution >= 4 is 11.6 Å². The number of nitrogens with zero attached hydrogens (tertiary/aromatic N) is 2. The number of aryl methyl sites for hydroxylation is 2. The molecule has 1 amide bonds. The van der Waals surface area contributed by atoms with Crippen molar-refractivity contribution in [3.05, 3.63) is 57.4 Å². The Kier molecular flexibility index (Phi) is 5.00. The normalized spacial score (nSPS) is 10.4. The van der Waals surface area contributed by atoms with E-state index in [2.05, 4.69) is 11.1 Å². The fourth-order valence-corrected chi connectivity index (χ4v) is 2.24. The molecular weight excluding hydrogens is 298 g/mol. The van der Waals surface area contributed by atoms with Gasteiger partial charge >= 0.3 is 0 Å². The molecule has 0 aliphatic carbocycles. The number of carbonyl (C=O) groups excluding carboxylic acids is 1. The summed E-state index contributed by atoms with van der Waals surface area (Å²) >= 11 is 0. The van der Waals surface area contributed by atoms with Crippen molar-refractivity contribution in [2.24, 2.45) is 0 Å². The molecule has 0 atom stereocenters. The molecule has 0 spiro atoms.